The fourth-order valence-electron chi connectivity index (χ4n) is 2.03. The Morgan fingerprint density at radius 2 is 2.27 bits per heavy atom. The molecule has 0 spiro atoms. The van der Waals surface area contributed by atoms with E-state index < -0.39 is 5.60 Å². The zero-order chi connectivity index (χ0) is 10.9. The molecule has 0 radical (unpaired) electrons. The van der Waals surface area contributed by atoms with Gasteiger partial charge in [-0.2, -0.15) is 11.8 Å². The van der Waals surface area contributed by atoms with Gasteiger partial charge in [-0.25, -0.2) is 0 Å². The number of hydrogen-bond donors (Lipinski definition) is 1. The molecule has 2 rings (SSSR count). The highest BCUT2D eigenvalue weighted by Gasteiger charge is 2.46. The lowest BCUT2D eigenvalue weighted by molar-refractivity contribution is -0.0581. The van der Waals surface area contributed by atoms with Crippen LogP contribution in [0.25, 0.3) is 0 Å². The van der Waals surface area contributed by atoms with Gasteiger partial charge in [-0.1, -0.05) is 19.9 Å². The molecule has 3 heteroatoms. The molecule has 0 aromatic carbocycles. The third kappa shape index (κ3) is 1.79. The van der Waals surface area contributed by atoms with Gasteiger partial charge in [-0.3, -0.25) is 4.98 Å². The number of rotatable bonds is 1. The molecule has 0 bridgehead atoms. The first-order valence-corrected chi connectivity index (χ1v) is 6.42. The summed E-state index contributed by atoms with van der Waals surface area (Å²) in [7, 11) is 0. The van der Waals surface area contributed by atoms with Gasteiger partial charge in [0.2, 0.25) is 0 Å². The molecule has 1 aliphatic rings. The Bertz CT molecular complexity index is 339. The van der Waals surface area contributed by atoms with Gasteiger partial charge in [0.25, 0.3) is 0 Å². The smallest absolute Gasteiger partial charge is 0.105 e. The molecular formula is C12H17NOS. The molecule has 82 valence electrons. The summed E-state index contributed by atoms with van der Waals surface area (Å²) in [5, 5.41) is 10.8. The van der Waals surface area contributed by atoms with Crippen LogP contribution in [-0.4, -0.2) is 21.6 Å². The van der Waals surface area contributed by atoms with E-state index in [1.165, 1.54) is 0 Å². The lowest BCUT2D eigenvalue weighted by Gasteiger charge is -2.46. The topological polar surface area (TPSA) is 33.1 Å². The van der Waals surface area contributed by atoms with Crippen LogP contribution in [0.1, 0.15) is 25.8 Å². The Labute approximate surface area is 95.1 Å². The van der Waals surface area contributed by atoms with Gasteiger partial charge in [-0.05, 0) is 23.7 Å². The summed E-state index contributed by atoms with van der Waals surface area (Å²) in [6.45, 7) is 4.28. The van der Waals surface area contributed by atoms with Crippen LogP contribution in [-0.2, 0) is 5.60 Å². The first-order valence-electron chi connectivity index (χ1n) is 5.27. The summed E-state index contributed by atoms with van der Waals surface area (Å²) in [6, 6.07) is 3.86. The monoisotopic (exact) mass is 223 g/mol. The van der Waals surface area contributed by atoms with Gasteiger partial charge in [0.1, 0.15) is 5.60 Å². The van der Waals surface area contributed by atoms with Gasteiger partial charge >= 0.3 is 0 Å². The summed E-state index contributed by atoms with van der Waals surface area (Å²) in [5.74, 6) is 1.90. The summed E-state index contributed by atoms with van der Waals surface area (Å²) >= 11 is 1.82. The standard InChI is InChI=1S/C12H17NOS/c1-11(2)5-7-15-9-12(11,14)10-4-3-6-13-8-10/h3-4,6,8,14H,5,7,9H2,1-2H3. The highest BCUT2D eigenvalue weighted by molar-refractivity contribution is 7.99. The Hall–Kier alpha value is -0.540. The number of nitrogens with zero attached hydrogens (tertiary/aromatic N) is 1. The van der Waals surface area contributed by atoms with Crippen molar-refractivity contribution in [2.75, 3.05) is 11.5 Å². The van der Waals surface area contributed by atoms with Crippen LogP contribution in [0.2, 0.25) is 0 Å². The Balaban J connectivity index is 2.40. The highest BCUT2D eigenvalue weighted by atomic mass is 32.2. The summed E-state index contributed by atoms with van der Waals surface area (Å²) in [4.78, 5) is 4.10. The predicted molar refractivity (Wildman–Crippen MR) is 63.9 cm³/mol. The van der Waals surface area contributed by atoms with E-state index in [1.54, 1.807) is 12.4 Å². The van der Waals surface area contributed by atoms with Gasteiger partial charge < -0.3 is 5.11 Å². The first-order chi connectivity index (χ1) is 7.06. The van der Waals surface area contributed by atoms with Gasteiger partial charge in [0.15, 0.2) is 0 Å². The molecule has 1 N–H and O–H groups in total. The summed E-state index contributed by atoms with van der Waals surface area (Å²) in [6.07, 6.45) is 4.58. The van der Waals surface area contributed by atoms with Crippen molar-refractivity contribution in [1.82, 2.24) is 4.98 Å². The molecule has 0 aliphatic carbocycles. The zero-order valence-electron chi connectivity index (χ0n) is 9.23. The Morgan fingerprint density at radius 1 is 1.47 bits per heavy atom. The molecule has 0 amide bonds. The van der Waals surface area contributed by atoms with E-state index in [2.05, 4.69) is 18.8 Å². The fraction of sp³-hybridized carbons (Fsp3) is 0.583. The van der Waals surface area contributed by atoms with Crippen molar-refractivity contribution in [1.29, 1.82) is 0 Å². The number of pyridine rings is 1. The quantitative estimate of drug-likeness (QED) is 0.794. The van der Waals surface area contributed by atoms with Gasteiger partial charge in [0.05, 0.1) is 0 Å². The fourth-order valence-corrected chi connectivity index (χ4v) is 3.68. The second kappa shape index (κ2) is 3.80. The van der Waals surface area contributed by atoms with Crippen LogP contribution < -0.4 is 0 Å². The molecule has 1 aromatic heterocycles. The van der Waals surface area contributed by atoms with Crippen molar-refractivity contribution in [3.8, 4) is 0 Å². The van der Waals surface area contributed by atoms with E-state index in [4.69, 9.17) is 0 Å². The van der Waals surface area contributed by atoms with Crippen LogP contribution in [0.15, 0.2) is 24.5 Å². The molecule has 1 aromatic rings. The van der Waals surface area contributed by atoms with Crippen LogP contribution in [0.4, 0.5) is 0 Å². The minimum absolute atomic E-state index is 0.0682. The van der Waals surface area contributed by atoms with E-state index in [9.17, 15) is 5.11 Å². The molecule has 2 heterocycles. The van der Waals surface area contributed by atoms with Crippen molar-refractivity contribution >= 4 is 11.8 Å². The van der Waals surface area contributed by atoms with Crippen LogP contribution in [0, 0.1) is 5.41 Å². The summed E-state index contributed by atoms with van der Waals surface area (Å²) < 4.78 is 0. The van der Waals surface area contributed by atoms with Crippen LogP contribution >= 0.6 is 11.8 Å². The van der Waals surface area contributed by atoms with Crippen molar-refractivity contribution in [2.45, 2.75) is 25.9 Å². The Morgan fingerprint density at radius 3 is 2.87 bits per heavy atom. The third-order valence-electron chi connectivity index (χ3n) is 3.44. The molecule has 1 aliphatic heterocycles. The first kappa shape index (κ1) is 11.0. The highest BCUT2D eigenvalue weighted by Crippen LogP contribution is 2.48. The average Bonchev–Trinajstić information content (AvgIpc) is 2.24. The average molecular weight is 223 g/mol. The minimum atomic E-state index is -0.732. The van der Waals surface area contributed by atoms with Gasteiger partial charge in [-0.15, -0.1) is 0 Å². The molecule has 1 saturated heterocycles. The molecule has 1 fully saturated rings. The molecule has 1 atom stereocenters. The van der Waals surface area contributed by atoms with Crippen molar-refractivity contribution in [3.05, 3.63) is 30.1 Å². The van der Waals surface area contributed by atoms with E-state index in [0.29, 0.717) is 0 Å². The molecular weight excluding hydrogens is 206 g/mol. The van der Waals surface area contributed by atoms with E-state index in [1.807, 2.05) is 23.9 Å². The number of aromatic nitrogens is 1. The second-order valence-electron chi connectivity index (χ2n) is 4.79. The van der Waals surface area contributed by atoms with Crippen molar-refractivity contribution < 1.29 is 5.11 Å². The Kier molecular flexibility index (Phi) is 2.77. The number of thioether (sulfide) groups is 1. The third-order valence-corrected chi connectivity index (χ3v) is 4.56. The van der Waals surface area contributed by atoms with E-state index in [-0.39, 0.29) is 5.41 Å². The molecule has 0 saturated carbocycles. The number of hydrogen-bond acceptors (Lipinski definition) is 3. The molecule has 1 unspecified atom stereocenters. The molecule has 15 heavy (non-hydrogen) atoms. The van der Waals surface area contributed by atoms with Gasteiger partial charge in [0, 0.05) is 23.7 Å². The number of aliphatic hydroxyl groups is 1. The second-order valence-corrected chi connectivity index (χ2v) is 5.89. The van der Waals surface area contributed by atoms with Crippen molar-refractivity contribution in [3.63, 3.8) is 0 Å². The normalized spacial score (nSPS) is 30.1. The molecule has 2 nitrogen and oxygen atoms in total. The zero-order valence-corrected chi connectivity index (χ0v) is 10.0. The van der Waals surface area contributed by atoms with Crippen molar-refractivity contribution in [2.24, 2.45) is 5.41 Å². The van der Waals surface area contributed by atoms with Crippen LogP contribution in [0.5, 0.6) is 0 Å². The maximum absolute atomic E-state index is 10.8. The van der Waals surface area contributed by atoms with Crippen LogP contribution in [0.3, 0.4) is 0 Å². The largest absolute Gasteiger partial charge is 0.384 e. The maximum atomic E-state index is 10.8. The lowest BCUT2D eigenvalue weighted by atomic mass is 9.70. The SMILES string of the molecule is CC1(C)CCSCC1(O)c1cccnc1. The maximum Gasteiger partial charge on any atom is 0.105 e. The minimum Gasteiger partial charge on any atom is -0.384 e. The summed E-state index contributed by atoms with van der Waals surface area (Å²) in [5.41, 5.74) is 0.146. The lowest BCUT2D eigenvalue weighted by Crippen LogP contribution is -2.47. The van der Waals surface area contributed by atoms with E-state index >= 15 is 0 Å². The predicted octanol–water partition coefficient (Wildman–Crippen LogP) is 2.43. The van der Waals surface area contributed by atoms with E-state index in [0.717, 1.165) is 23.5 Å².